The van der Waals surface area contributed by atoms with E-state index in [2.05, 4.69) is 32.8 Å². The Morgan fingerprint density at radius 1 is 1.18 bits per heavy atom. The Balaban J connectivity index is 1.49. The number of imidazole rings is 1. The molecule has 0 saturated carbocycles. The number of thiazole rings is 1. The summed E-state index contributed by atoms with van der Waals surface area (Å²) in [6.45, 7) is 2.91. The Kier molecular flexibility index (Phi) is 5.73. The average molecular weight is 409 g/mol. The largest absolute Gasteiger partial charge is 0.342 e. The number of hydrogen-bond acceptors (Lipinski definition) is 5. The van der Waals surface area contributed by atoms with E-state index in [9.17, 15) is 4.79 Å². The molecule has 0 aliphatic rings. The zero-order valence-corrected chi connectivity index (χ0v) is 17.0. The van der Waals surface area contributed by atoms with Crippen molar-refractivity contribution in [3.63, 3.8) is 0 Å². The van der Waals surface area contributed by atoms with Gasteiger partial charge in [-0.2, -0.15) is 0 Å². The summed E-state index contributed by atoms with van der Waals surface area (Å²) in [5.41, 5.74) is 3.08. The Morgan fingerprint density at radius 2 is 1.96 bits per heavy atom. The molecule has 142 valence electrons. The number of carbonyl (C=O) groups is 1. The Bertz CT molecular complexity index is 1060. The Hall–Kier alpha value is -2.64. The Morgan fingerprint density at radius 3 is 2.71 bits per heavy atom. The first-order valence-corrected chi connectivity index (χ1v) is 10.9. The van der Waals surface area contributed by atoms with Crippen LogP contribution in [0.1, 0.15) is 23.5 Å². The lowest BCUT2D eigenvalue weighted by Gasteiger charge is -2.17. The zero-order chi connectivity index (χ0) is 19.3. The molecule has 2 aromatic carbocycles. The minimum absolute atomic E-state index is 0.0382. The number of nitrogens with one attached hydrogen (secondary N) is 1. The van der Waals surface area contributed by atoms with Crippen molar-refractivity contribution in [2.24, 2.45) is 0 Å². The van der Waals surface area contributed by atoms with Crippen molar-refractivity contribution in [2.75, 3.05) is 5.75 Å². The van der Waals surface area contributed by atoms with Gasteiger partial charge in [0.25, 0.3) is 0 Å². The van der Waals surface area contributed by atoms with Crippen LogP contribution in [0.2, 0.25) is 0 Å². The highest BCUT2D eigenvalue weighted by Crippen LogP contribution is 2.26. The van der Waals surface area contributed by atoms with Crippen molar-refractivity contribution in [3.8, 4) is 0 Å². The second-order valence-corrected chi connectivity index (χ2v) is 8.07. The molecule has 1 amide bonds. The van der Waals surface area contributed by atoms with Crippen molar-refractivity contribution in [3.05, 3.63) is 76.7 Å². The monoisotopic (exact) mass is 408 g/mol. The van der Waals surface area contributed by atoms with Crippen molar-refractivity contribution < 1.29 is 4.79 Å². The number of fused-ring (bicyclic) bond motifs is 1. The van der Waals surface area contributed by atoms with E-state index in [0.29, 0.717) is 5.75 Å². The Labute approximate surface area is 171 Å². The summed E-state index contributed by atoms with van der Waals surface area (Å²) < 4.78 is 2.14. The van der Waals surface area contributed by atoms with E-state index >= 15 is 0 Å². The molecule has 2 aromatic heterocycles. The van der Waals surface area contributed by atoms with Crippen molar-refractivity contribution >= 4 is 40.0 Å². The molecular formula is C21H20N4OS2. The molecule has 0 fully saturated rings. The fraction of sp³-hybridized carbons (Fsp3) is 0.190. The van der Waals surface area contributed by atoms with Crippen LogP contribution in [0, 0.1) is 0 Å². The maximum atomic E-state index is 12.7. The fourth-order valence-corrected chi connectivity index (χ4v) is 4.72. The maximum Gasteiger partial charge on any atom is 0.231 e. The van der Waals surface area contributed by atoms with Crippen molar-refractivity contribution in [2.45, 2.75) is 24.7 Å². The minimum Gasteiger partial charge on any atom is -0.342 e. The molecule has 0 aliphatic carbocycles. The van der Waals surface area contributed by atoms with Gasteiger partial charge in [0.15, 0.2) is 5.16 Å². The molecule has 28 heavy (non-hydrogen) atoms. The predicted octanol–water partition coefficient (Wildman–Crippen LogP) is 4.51. The average Bonchev–Trinajstić information content (AvgIpc) is 3.38. The van der Waals surface area contributed by atoms with Gasteiger partial charge in [0, 0.05) is 18.1 Å². The van der Waals surface area contributed by atoms with E-state index in [0.717, 1.165) is 33.3 Å². The highest BCUT2D eigenvalue weighted by Gasteiger charge is 2.20. The normalized spacial score (nSPS) is 12.2. The van der Waals surface area contributed by atoms with Gasteiger partial charge in [-0.25, -0.2) is 9.97 Å². The van der Waals surface area contributed by atoms with Crippen LogP contribution in [-0.2, 0) is 11.3 Å². The second kappa shape index (κ2) is 8.58. The number of aromatic nitrogens is 3. The lowest BCUT2D eigenvalue weighted by molar-refractivity contribution is -0.119. The third-order valence-corrected chi connectivity index (χ3v) is 6.22. The van der Waals surface area contributed by atoms with Gasteiger partial charge in [-0.05, 0) is 24.6 Å². The lowest BCUT2D eigenvalue weighted by Crippen LogP contribution is -2.30. The minimum atomic E-state index is -0.237. The maximum absolute atomic E-state index is 12.7. The summed E-state index contributed by atoms with van der Waals surface area (Å²) in [5.74, 6) is 0.265. The molecule has 2 heterocycles. The zero-order valence-electron chi connectivity index (χ0n) is 15.4. The summed E-state index contributed by atoms with van der Waals surface area (Å²) in [5, 5.41) is 6.80. The molecule has 1 unspecified atom stereocenters. The topological polar surface area (TPSA) is 59.8 Å². The van der Waals surface area contributed by atoms with Crippen LogP contribution in [0.15, 0.2) is 71.3 Å². The molecule has 4 aromatic rings. The molecule has 0 aliphatic heterocycles. The number of hydrogen-bond donors (Lipinski definition) is 1. The number of amides is 1. The number of aryl methyl sites for hydroxylation is 1. The second-order valence-electron chi connectivity index (χ2n) is 6.20. The SMILES string of the molecule is CCn1c(SCC(=O)NC(c2ccccc2)c2nccs2)nc2ccccc21. The molecule has 1 N–H and O–H groups in total. The van der Waals surface area contributed by atoms with E-state index in [-0.39, 0.29) is 11.9 Å². The number of benzene rings is 2. The lowest BCUT2D eigenvalue weighted by atomic mass is 10.1. The summed E-state index contributed by atoms with van der Waals surface area (Å²) in [7, 11) is 0. The molecule has 0 saturated heterocycles. The van der Waals surface area contributed by atoms with Gasteiger partial charge in [0.2, 0.25) is 5.91 Å². The summed E-state index contributed by atoms with van der Waals surface area (Å²) in [4.78, 5) is 21.8. The van der Waals surface area contributed by atoms with Crippen LogP contribution < -0.4 is 5.32 Å². The number of nitrogens with zero attached hydrogens (tertiary/aromatic N) is 3. The van der Waals surface area contributed by atoms with E-state index in [1.807, 2.05) is 53.9 Å². The molecule has 0 radical (unpaired) electrons. The van der Waals surface area contributed by atoms with Crippen molar-refractivity contribution in [1.29, 1.82) is 0 Å². The third kappa shape index (κ3) is 3.95. The highest BCUT2D eigenvalue weighted by molar-refractivity contribution is 7.99. The standard InChI is InChI=1S/C21H20N4OS2/c1-2-25-17-11-7-6-10-16(17)23-21(25)28-14-18(26)24-19(20-22-12-13-27-20)15-8-4-3-5-9-15/h3-13,19H,2,14H2,1H3,(H,24,26). The first-order chi connectivity index (χ1) is 13.8. The number of carbonyl (C=O) groups excluding carboxylic acids is 1. The number of thioether (sulfide) groups is 1. The van der Waals surface area contributed by atoms with Crippen LogP contribution in [0.5, 0.6) is 0 Å². The molecule has 0 bridgehead atoms. The van der Waals surface area contributed by atoms with E-state index < -0.39 is 0 Å². The third-order valence-electron chi connectivity index (χ3n) is 4.40. The first-order valence-electron chi connectivity index (χ1n) is 9.08. The van der Waals surface area contributed by atoms with Gasteiger partial charge in [-0.1, -0.05) is 54.2 Å². The molecule has 7 heteroatoms. The molecule has 5 nitrogen and oxygen atoms in total. The van der Waals surface area contributed by atoms with Crippen LogP contribution >= 0.6 is 23.1 Å². The number of para-hydroxylation sites is 2. The van der Waals surface area contributed by atoms with E-state index in [1.54, 1.807) is 17.5 Å². The van der Waals surface area contributed by atoms with Crippen LogP contribution in [0.3, 0.4) is 0 Å². The van der Waals surface area contributed by atoms with Gasteiger partial charge in [0.1, 0.15) is 11.0 Å². The fourth-order valence-electron chi connectivity index (χ4n) is 3.11. The van der Waals surface area contributed by atoms with Crippen LogP contribution in [-0.4, -0.2) is 26.2 Å². The summed E-state index contributed by atoms with van der Waals surface area (Å²) in [6.07, 6.45) is 1.76. The van der Waals surface area contributed by atoms with Gasteiger partial charge < -0.3 is 9.88 Å². The van der Waals surface area contributed by atoms with E-state index in [1.165, 1.54) is 11.8 Å². The quantitative estimate of drug-likeness (QED) is 0.457. The molecular weight excluding hydrogens is 388 g/mol. The van der Waals surface area contributed by atoms with E-state index in [4.69, 9.17) is 0 Å². The summed E-state index contributed by atoms with van der Waals surface area (Å²) in [6, 6.07) is 17.7. The van der Waals surface area contributed by atoms with Gasteiger partial charge >= 0.3 is 0 Å². The van der Waals surface area contributed by atoms with Gasteiger partial charge in [-0.3, -0.25) is 4.79 Å². The van der Waals surface area contributed by atoms with Crippen LogP contribution in [0.25, 0.3) is 11.0 Å². The molecule has 4 rings (SSSR count). The number of rotatable bonds is 7. The molecule has 0 spiro atoms. The van der Waals surface area contributed by atoms with Gasteiger partial charge in [0.05, 0.1) is 16.8 Å². The van der Waals surface area contributed by atoms with Crippen molar-refractivity contribution in [1.82, 2.24) is 19.9 Å². The smallest absolute Gasteiger partial charge is 0.231 e. The highest BCUT2D eigenvalue weighted by atomic mass is 32.2. The predicted molar refractivity (Wildman–Crippen MR) is 115 cm³/mol. The summed E-state index contributed by atoms with van der Waals surface area (Å²) >= 11 is 3.00. The van der Waals surface area contributed by atoms with Gasteiger partial charge in [-0.15, -0.1) is 11.3 Å². The molecule has 1 atom stereocenters. The first kappa shape index (κ1) is 18.7. The van der Waals surface area contributed by atoms with Crippen LogP contribution in [0.4, 0.5) is 0 Å².